The maximum atomic E-state index is 12.4. The molecule has 1 saturated carbocycles. The summed E-state index contributed by atoms with van der Waals surface area (Å²) in [4.78, 5) is 26.4. The van der Waals surface area contributed by atoms with Crippen LogP contribution in [-0.2, 0) is 9.59 Å². The molecule has 2 aliphatic rings. The molecule has 1 heterocycles. The monoisotopic (exact) mass is 384 g/mol. The topological polar surface area (TPSA) is 49.4 Å². The molecule has 0 bridgehead atoms. The van der Waals surface area contributed by atoms with Crippen molar-refractivity contribution in [3.63, 3.8) is 0 Å². The van der Waals surface area contributed by atoms with Crippen molar-refractivity contribution in [2.75, 3.05) is 18.4 Å². The van der Waals surface area contributed by atoms with E-state index in [4.69, 9.17) is 11.6 Å². The molecule has 1 aromatic rings. The van der Waals surface area contributed by atoms with Crippen molar-refractivity contribution in [1.82, 2.24) is 4.90 Å². The molecule has 1 N–H and O–H groups in total. The largest absolute Gasteiger partial charge is 0.342 e. The van der Waals surface area contributed by atoms with Gasteiger partial charge in [-0.2, -0.15) is 0 Å². The number of nitrogens with zero attached hydrogens (tertiary/aromatic N) is 1. The first kappa shape index (κ1) is 15.8. The minimum atomic E-state index is -0.156. The fourth-order valence-corrected chi connectivity index (χ4v) is 3.53. The summed E-state index contributed by atoms with van der Waals surface area (Å²) >= 11 is 9.47. The molecule has 6 heteroatoms. The Morgan fingerprint density at radius 1 is 1.23 bits per heavy atom. The van der Waals surface area contributed by atoms with E-state index in [9.17, 15) is 9.59 Å². The van der Waals surface area contributed by atoms with Gasteiger partial charge in [0.25, 0.3) is 0 Å². The van der Waals surface area contributed by atoms with Gasteiger partial charge in [0.05, 0.1) is 16.6 Å². The van der Waals surface area contributed by atoms with Gasteiger partial charge < -0.3 is 10.2 Å². The standard InChI is InChI=1S/C16H18BrClN2O2/c17-12-5-6-14(13(18)8-12)19-15(21)11-2-1-7-20(9-11)16(22)10-3-4-10/h5-6,8,10-11H,1-4,7,9H2,(H,19,21). The van der Waals surface area contributed by atoms with E-state index in [-0.39, 0.29) is 23.7 Å². The number of carbonyl (C=O) groups excluding carboxylic acids is 2. The molecule has 2 amide bonds. The quantitative estimate of drug-likeness (QED) is 0.862. The number of piperidine rings is 1. The highest BCUT2D eigenvalue weighted by atomic mass is 79.9. The van der Waals surface area contributed by atoms with E-state index in [1.807, 2.05) is 11.0 Å². The summed E-state index contributed by atoms with van der Waals surface area (Å²) < 4.78 is 0.870. The van der Waals surface area contributed by atoms with E-state index >= 15 is 0 Å². The number of carbonyl (C=O) groups is 2. The van der Waals surface area contributed by atoms with Gasteiger partial charge in [0.15, 0.2) is 0 Å². The van der Waals surface area contributed by atoms with E-state index in [1.165, 1.54) is 0 Å². The van der Waals surface area contributed by atoms with Gasteiger partial charge in [-0.15, -0.1) is 0 Å². The number of amides is 2. The first-order chi connectivity index (χ1) is 10.5. The molecular formula is C16H18BrClN2O2. The number of benzene rings is 1. The molecule has 22 heavy (non-hydrogen) atoms. The second-order valence-corrected chi connectivity index (χ2v) is 7.33. The lowest BCUT2D eigenvalue weighted by Crippen LogP contribution is -2.44. The third-order valence-corrected chi connectivity index (χ3v) is 5.03. The van der Waals surface area contributed by atoms with E-state index < -0.39 is 0 Å². The van der Waals surface area contributed by atoms with Crippen molar-refractivity contribution >= 4 is 45.0 Å². The van der Waals surface area contributed by atoms with Crippen molar-refractivity contribution < 1.29 is 9.59 Å². The van der Waals surface area contributed by atoms with Gasteiger partial charge in [0.1, 0.15) is 0 Å². The molecule has 1 aromatic carbocycles. The predicted molar refractivity (Wildman–Crippen MR) is 89.8 cm³/mol. The molecule has 2 fully saturated rings. The predicted octanol–water partition coefficient (Wildman–Crippen LogP) is 3.69. The molecule has 1 atom stereocenters. The second kappa shape index (κ2) is 6.59. The molecule has 0 spiro atoms. The van der Waals surface area contributed by atoms with Gasteiger partial charge in [-0.3, -0.25) is 9.59 Å². The van der Waals surface area contributed by atoms with Crippen LogP contribution in [0.25, 0.3) is 0 Å². The zero-order valence-electron chi connectivity index (χ0n) is 12.1. The average molecular weight is 386 g/mol. The van der Waals surface area contributed by atoms with E-state index in [2.05, 4.69) is 21.2 Å². The van der Waals surface area contributed by atoms with Crippen molar-refractivity contribution in [2.45, 2.75) is 25.7 Å². The summed E-state index contributed by atoms with van der Waals surface area (Å²) in [5, 5.41) is 3.39. The average Bonchev–Trinajstić information content (AvgIpc) is 3.34. The van der Waals surface area contributed by atoms with Crippen molar-refractivity contribution in [3.05, 3.63) is 27.7 Å². The molecule has 0 aromatic heterocycles. The lowest BCUT2D eigenvalue weighted by atomic mass is 9.96. The zero-order valence-corrected chi connectivity index (χ0v) is 14.5. The van der Waals surface area contributed by atoms with Crippen LogP contribution < -0.4 is 5.32 Å². The Kier molecular flexibility index (Phi) is 4.73. The van der Waals surface area contributed by atoms with Crippen LogP contribution in [0.15, 0.2) is 22.7 Å². The molecule has 0 radical (unpaired) electrons. The van der Waals surface area contributed by atoms with Crippen molar-refractivity contribution in [2.24, 2.45) is 11.8 Å². The lowest BCUT2D eigenvalue weighted by Gasteiger charge is -2.32. The SMILES string of the molecule is O=C(Nc1ccc(Br)cc1Cl)C1CCCN(C(=O)C2CC2)C1. The zero-order chi connectivity index (χ0) is 15.7. The van der Waals surface area contributed by atoms with Gasteiger partial charge in [0, 0.05) is 23.5 Å². The van der Waals surface area contributed by atoms with E-state index in [0.717, 1.165) is 36.7 Å². The number of halogens is 2. The first-order valence-electron chi connectivity index (χ1n) is 7.59. The van der Waals surface area contributed by atoms with Crippen molar-refractivity contribution in [3.8, 4) is 0 Å². The fraction of sp³-hybridized carbons (Fsp3) is 0.500. The van der Waals surface area contributed by atoms with Crippen LogP contribution >= 0.6 is 27.5 Å². The molecular weight excluding hydrogens is 368 g/mol. The summed E-state index contributed by atoms with van der Waals surface area (Å²) in [7, 11) is 0. The van der Waals surface area contributed by atoms with Crippen LogP contribution in [0.4, 0.5) is 5.69 Å². The van der Waals surface area contributed by atoms with Gasteiger partial charge >= 0.3 is 0 Å². The van der Waals surface area contributed by atoms with Crippen LogP contribution in [0.5, 0.6) is 0 Å². The Bertz CT molecular complexity index is 604. The summed E-state index contributed by atoms with van der Waals surface area (Å²) in [6, 6.07) is 5.37. The summed E-state index contributed by atoms with van der Waals surface area (Å²) in [5.74, 6) is 0.218. The van der Waals surface area contributed by atoms with Gasteiger partial charge in [-0.05, 0) is 43.9 Å². The van der Waals surface area contributed by atoms with Gasteiger partial charge in [0.2, 0.25) is 11.8 Å². The molecule has 1 aliphatic heterocycles. The Hall–Kier alpha value is -1.07. The molecule has 1 aliphatic carbocycles. The van der Waals surface area contributed by atoms with Crippen LogP contribution in [0.2, 0.25) is 5.02 Å². The Morgan fingerprint density at radius 2 is 2.00 bits per heavy atom. The number of nitrogens with one attached hydrogen (secondary N) is 1. The van der Waals surface area contributed by atoms with Gasteiger partial charge in [-0.1, -0.05) is 27.5 Å². The minimum Gasteiger partial charge on any atom is -0.342 e. The fourth-order valence-electron chi connectivity index (χ4n) is 2.81. The number of hydrogen-bond donors (Lipinski definition) is 1. The van der Waals surface area contributed by atoms with Crippen molar-refractivity contribution in [1.29, 1.82) is 0 Å². The number of rotatable bonds is 3. The third kappa shape index (κ3) is 3.63. The number of anilines is 1. The van der Waals surface area contributed by atoms with Gasteiger partial charge in [-0.25, -0.2) is 0 Å². The molecule has 3 rings (SSSR count). The van der Waals surface area contributed by atoms with Crippen LogP contribution in [0.1, 0.15) is 25.7 Å². The minimum absolute atomic E-state index is 0.0579. The number of hydrogen-bond acceptors (Lipinski definition) is 2. The van der Waals surface area contributed by atoms with E-state index in [1.54, 1.807) is 12.1 Å². The summed E-state index contributed by atoms with van der Waals surface area (Å²) in [6.45, 7) is 1.30. The Labute approximate surface area is 143 Å². The normalized spacial score (nSPS) is 21.5. The molecule has 1 unspecified atom stereocenters. The van der Waals surface area contributed by atoms with Crippen LogP contribution in [-0.4, -0.2) is 29.8 Å². The highest BCUT2D eigenvalue weighted by molar-refractivity contribution is 9.10. The Morgan fingerprint density at radius 3 is 2.68 bits per heavy atom. The first-order valence-corrected chi connectivity index (χ1v) is 8.76. The Balaban J connectivity index is 1.62. The highest BCUT2D eigenvalue weighted by Gasteiger charge is 2.36. The van der Waals surface area contributed by atoms with E-state index in [0.29, 0.717) is 17.3 Å². The smallest absolute Gasteiger partial charge is 0.229 e. The highest BCUT2D eigenvalue weighted by Crippen LogP contribution is 2.33. The van der Waals surface area contributed by atoms with Crippen LogP contribution in [0, 0.1) is 11.8 Å². The van der Waals surface area contributed by atoms with Crippen LogP contribution in [0.3, 0.4) is 0 Å². The maximum absolute atomic E-state index is 12.4. The molecule has 1 saturated heterocycles. The maximum Gasteiger partial charge on any atom is 0.229 e. The number of likely N-dealkylation sites (tertiary alicyclic amines) is 1. The lowest BCUT2D eigenvalue weighted by molar-refractivity contribution is -0.135. The molecule has 4 nitrogen and oxygen atoms in total. The second-order valence-electron chi connectivity index (χ2n) is 6.01. The molecule has 118 valence electrons. The third-order valence-electron chi connectivity index (χ3n) is 4.22. The summed E-state index contributed by atoms with van der Waals surface area (Å²) in [6.07, 6.45) is 3.69. The summed E-state index contributed by atoms with van der Waals surface area (Å²) in [5.41, 5.74) is 0.612.